The molecule has 3 rings (SSSR count). The number of carbonyl (C=O) groups excluding carboxylic acids is 1. The highest BCUT2D eigenvalue weighted by molar-refractivity contribution is 5.79. The number of hydrogen-bond donors (Lipinski definition) is 1. The van der Waals surface area contributed by atoms with E-state index in [9.17, 15) is 9.18 Å². The van der Waals surface area contributed by atoms with Gasteiger partial charge in [0.2, 0.25) is 0 Å². The van der Waals surface area contributed by atoms with Gasteiger partial charge in [-0.3, -0.25) is 9.79 Å². The lowest BCUT2D eigenvalue weighted by atomic mass is 9.83. The lowest BCUT2D eigenvalue weighted by molar-refractivity contribution is -0.111. The Morgan fingerprint density at radius 3 is 2.12 bits per heavy atom. The number of nitrogens with two attached hydrogens (primary N) is 1. The minimum absolute atomic E-state index is 0.312. The van der Waals surface area contributed by atoms with E-state index in [4.69, 9.17) is 5.73 Å². The Labute approximate surface area is 145 Å². The number of hydrogen-bond acceptors (Lipinski definition) is 2. The van der Waals surface area contributed by atoms with Crippen molar-refractivity contribution >= 4 is 12.6 Å². The summed E-state index contributed by atoms with van der Waals surface area (Å²) in [5.41, 5.74) is 7.20. The molecule has 0 fully saturated rings. The molecule has 0 saturated heterocycles. The zero-order valence-electron chi connectivity index (χ0n) is 13.5. The molecule has 25 heavy (non-hydrogen) atoms. The molecule has 0 bridgehead atoms. The second-order valence-corrected chi connectivity index (χ2v) is 5.62. The Bertz CT molecular complexity index is 909. The van der Waals surface area contributed by atoms with Gasteiger partial charge in [-0.1, -0.05) is 60.7 Å². The zero-order chi connectivity index (χ0) is 17.7. The lowest BCUT2D eigenvalue weighted by Crippen LogP contribution is -2.28. The van der Waals surface area contributed by atoms with Crippen LogP contribution in [0.15, 0.2) is 83.9 Å². The molecule has 0 aliphatic carbocycles. The number of rotatable bonds is 5. The SMILES string of the molecule is NC=NC(C=O)(c1ccccc1)c1cccc(-c2cccc(F)c2)c1. The molecule has 0 spiro atoms. The van der Waals surface area contributed by atoms with E-state index >= 15 is 0 Å². The highest BCUT2D eigenvalue weighted by Crippen LogP contribution is 2.34. The van der Waals surface area contributed by atoms with Crippen LogP contribution in [0.4, 0.5) is 4.39 Å². The molecule has 0 heterocycles. The summed E-state index contributed by atoms with van der Waals surface area (Å²) in [6, 6.07) is 22.9. The van der Waals surface area contributed by atoms with Gasteiger partial charge in [-0.2, -0.15) is 0 Å². The van der Waals surface area contributed by atoms with Crippen molar-refractivity contribution in [2.45, 2.75) is 5.54 Å². The van der Waals surface area contributed by atoms with Crippen molar-refractivity contribution in [2.24, 2.45) is 10.7 Å². The Hall–Kier alpha value is -3.27. The average Bonchev–Trinajstić information content (AvgIpc) is 2.67. The molecule has 1 unspecified atom stereocenters. The van der Waals surface area contributed by atoms with Gasteiger partial charge in [0, 0.05) is 0 Å². The summed E-state index contributed by atoms with van der Waals surface area (Å²) >= 11 is 0. The minimum atomic E-state index is -1.24. The first-order chi connectivity index (χ1) is 12.2. The fourth-order valence-electron chi connectivity index (χ4n) is 2.90. The molecule has 0 aliphatic rings. The van der Waals surface area contributed by atoms with Crippen molar-refractivity contribution in [1.82, 2.24) is 0 Å². The third kappa shape index (κ3) is 3.19. The van der Waals surface area contributed by atoms with E-state index in [1.807, 2.05) is 60.7 Å². The van der Waals surface area contributed by atoms with Crippen LogP contribution in [0.1, 0.15) is 11.1 Å². The van der Waals surface area contributed by atoms with Gasteiger partial charge in [-0.25, -0.2) is 4.39 Å². The van der Waals surface area contributed by atoms with Gasteiger partial charge in [0.15, 0.2) is 11.8 Å². The summed E-state index contributed by atoms with van der Waals surface area (Å²) in [5.74, 6) is -0.312. The van der Waals surface area contributed by atoms with Crippen molar-refractivity contribution in [3.05, 3.63) is 95.8 Å². The van der Waals surface area contributed by atoms with Crippen LogP contribution in [0.25, 0.3) is 11.1 Å². The molecular formula is C21H17FN2O. The number of nitrogens with zero attached hydrogens (tertiary/aromatic N) is 1. The predicted octanol–water partition coefficient (Wildman–Crippen LogP) is 3.92. The van der Waals surface area contributed by atoms with Gasteiger partial charge in [0.1, 0.15) is 5.82 Å². The monoisotopic (exact) mass is 332 g/mol. The van der Waals surface area contributed by atoms with Gasteiger partial charge >= 0.3 is 0 Å². The Morgan fingerprint density at radius 2 is 1.48 bits per heavy atom. The highest BCUT2D eigenvalue weighted by atomic mass is 19.1. The third-order valence-corrected chi connectivity index (χ3v) is 4.12. The van der Waals surface area contributed by atoms with Gasteiger partial charge in [0.05, 0.1) is 6.34 Å². The summed E-state index contributed by atoms with van der Waals surface area (Å²) in [6.45, 7) is 0. The van der Waals surface area contributed by atoms with E-state index in [-0.39, 0.29) is 5.82 Å². The first kappa shape index (κ1) is 16.6. The van der Waals surface area contributed by atoms with Crippen LogP contribution >= 0.6 is 0 Å². The molecule has 3 aromatic carbocycles. The summed E-state index contributed by atoms with van der Waals surface area (Å²) in [4.78, 5) is 16.4. The number of halogens is 1. The molecule has 0 saturated carbocycles. The molecule has 0 aliphatic heterocycles. The molecule has 3 aromatic rings. The first-order valence-electron chi connectivity index (χ1n) is 7.83. The van der Waals surface area contributed by atoms with Crippen molar-refractivity contribution in [3.8, 4) is 11.1 Å². The van der Waals surface area contributed by atoms with Gasteiger partial charge in [-0.05, 0) is 40.5 Å². The fourth-order valence-corrected chi connectivity index (χ4v) is 2.90. The Balaban J connectivity index is 2.18. The first-order valence-corrected chi connectivity index (χ1v) is 7.83. The van der Waals surface area contributed by atoms with E-state index in [2.05, 4.69) is 4.99 Å². The Morgan fingerprint density at radius 1 is 0.840 bits per heavy atom. The van der Waals surface area contributed by atoms with Crippen molar-refractivity contribution in [1.29, 1.82) is 0 Å². The average molecular weight is 332 g/mol. The van der Waals surface area contributed by atoms with Crippen LogP contribution < -0.4 is 5.73 Å². The smallest absolute Gasteiger partial charge is 0.167 e. The standard InChI is InChI=1S/C21H17FN2O/c22-20-11-5-7-17(13-20)16-6-4-10-19(12-16)21(14-25,24-15-23)18-8-2-1-3-9-18/h1-15H,(H2,23,24). The van der Waals surface area contributed by atoms with Crippen LogP contribution in [-0.4, -0.2) is 12.6 Å². The molecule has 0 radical (unpaired) electrons. The van der Waals surface area contributed by atoms with Crippen LogP contribution in [-0.2, 0) is 10.3 Å². The van der Waals surface area contributed by atoms with E-state index in [1.165, 1.54) is 12.1 Å². The maximum atomic E-state index is 13.5. The minimum Gasteiger partial charge on any atom is -0.390 e. The molecule has 0 aromatic heterocycles. The third-order valence-electron chi connectivity index (χ3n) is 4.12. The van der Waals surface area contributed by atoms with Crippen molar-refractivity contribution in [3.63, 3.8) is 0 Å². The van der Waals surface area contributed by atoms with E-state index < -0.39 is 5.54 Å². The maximum Gasteiger partial charge on any atom is 0.167 e. The number of carbonyl (C=O) groups is 1. The number of benzene rings is 3. The second-order valence-electron chi connectivity index (χ2n) is 5.62. The van der Waals surface area contributed by atoms with E-state index in [1.54, 1.807) is 6.07 Å². The molecule has 124 valence electrons. The topological polar surface area (TPSA) is 55.4 Å². The van der Waals surface area contributed by atoms with Gasteiger partial charge in [0.25, 0.3) is 0 Å². The number of aldehydes is 1. The summed E-state index contributed by atoms with van der Waals surface area (Å²) in [7, 11) is 0. The summed E-state index contributed by atoms with van der Waals surface area (Å²) < 4.78 is 13.5. The highest BCUT2D eigenvalue weighted by Gasteiger charge is 2.33. The summed E-state index contributed by atoms with van der Waals surface area (Å²) in [5, 5.41) is 0. The largest absolute Gasteiger partial charge is 0.390 e. The molecule has 3 nitrogen and oxygen atoms in total. The van der Waals surface area contributed by atoms with E-state index in [0.29, 0.717) is 11.1 Å². The predicted molar refractivity (Wildman–Crippen MR) is 97.8 cm³/mol. The Kier molecular flexibility index (Phi) is 4.70. The van der Waals surface area contributed by atoms with Crippen molar-refractivity contribution < 1.29 is 9.18 Å². The van der Waals surface area contributed by atoms with Crippen LogP contribution in [0.5, 0.6) is 0 Å². The fraction of sp³-hybridized carbons (Fsp3) is 0.0476. The molecular weight excluding hydrogens is 315 g/mol. The molecule has 4 heteroatoms. The lowest BCUT2D eigenvalue weighted by Gasteiger charge is -2.25. The molecule has 0 amide bonds. The van der Waals surface area contributed by atoms with Crippen LogP contribution in [0.3, 0.4) is 0 Å². The number of aliphatic imine (C=N–C) groups is 1. The molecule has 2 N–H and O–H groups in total. The quantitative estimate of drug-likeness (QED) is 0.437. The van der Waals surface area contributed by atoms with Gasteiger partial charge < -0.3 is 5.73 Å². The van der Waals surface area contributed by atoms with Crippen LogP contribution in [0, 0.1) is 5.82 Å². The summed E-state index contributed by atoms with van der Waals surface area (Å²) in [6.07, 6.45) is 1.91. The van der Waals surface area contributed by atoms with E-state index in [0.717, 1.165) is 23.8 Å². The zero-order valence-corrected chi connectivity index (χ0v) is 13.5. The normalized spacial score (nSPS) is 13.5. The van der Waals surface area contributed by atoms with Crippen molar-refractivity contribution in [2.75, 3.05) is 0 Å². The van der Waals surface area contributed by atoms with Gasteiger partial charge in [-0.15, -0.1) is 0 Å². The van der Waals surface area contributed by atoms with Crippen LogP contribution in [0.2, 0.25) is 0 Å². The second kappa shape index (κ2) is 7.09. The maximum absolute atomic E-state index is 13.5. The molecule has 1 atom stereocenters.